The predicted molar refractivity (Wildman–Crippen MR) is 81.3 cm³/mol. The highest BCUT2D eigenvalue weighted by molar-refractivity contribution is 6.31. The number of piperidine rings is 1. The Morgan fingerprint density at radius 1 is 1.41 bits per heavy atom. The van der Waals surface area contributed by atoms with Gasteiger partial charge in [0.25, 0.3) is 5.91 Å². The summed E-state index contributed by atoms with van der Waals surface area (Å²) in [5, 5.41) is -0.110. The molecule has 1 saturated heterocycles. The Morgan fingerprint density at radius 3 is 2.77 bits per heavy atom. The fourth-order valence-electron chi connectivity index (χ4n) is 2.73. The molecule has 1 heterocycles. The summed E-state index contributed by atoms with van der Waals surface area (Å²) in [7, 11) is 0. The number of halogens is 2. The molecule has 1 amide bonds. The standard InChI is InChI=1S/C16H19ClFNO3/c1-3-22-15(21)16(2)8-4-5-9-19(16)14(20)11-6-7-13(18)12(17)10-11/h6-7,10H,3-5,8-9H2,1-2H3. The first-order valence-corrected chi connectivity index (χ1v) is 7.72. The monoisotopic (exact) mass is 327 g/mol. The van der Waals surface area contributed by atoms with Crippen molar-refractivity contribution in [3.05, 3.63) is 34.6 Å². The van der Waals surface area contributed by atoms with Crippen molar-refractivity contribution in [2.45, 2.75) is 38.6 Å². The number of hydrogen-bond donors (Lipinski definition) is 0. The highest BCUT2D eigenvalue weighted by Gasteiger charge is 2.45. The molecule has 2 rings (SSSR count). The molecule has 22 heavy (non-hydrogen) atoms. The van der Waals surface area contributed by atoms with E-state index < -0.39 is 17.3 Å². The van der Waals surface area contributed by atoms with E-state index >= 15 is 0 Å². The summed E-state index contributed by atoms with van der Waals surface area (Å²) in [6.45, 7) is 4.17. The van der Waals surface area contributed by atoms with Gasteiger partial charge >= 0.3 is 5.97 Å². The molecule has 1 fully saturated rings. The molecule has 1 atom stereocenters. The van der Waals surface area contributed by atoms with Gasteiger partial charge in [-0.3, -0.25) is 4.79 Å². The van der Waals surface area contributed by atoms with Crippen molar-refractivity contribution in [2.24, 2.45) is 0 Å². The van der Waals surface area contributed by atoms with E-state index in [0.717, 1.165) is 18.9 Å². The van der Waals surface area contributed by atoms with Crippen LogP contribution in [0.5, 0.6) is 0 Å². The van der Waals surface area contributed by atoms with Crippen LogP contribution in [0.4, 0.5) is 4.39 Å². The highest BCUT2D eigenvalue weighted by atomic mass is 35.5. The molecule has 0 saturated carbocycles. The van der Waals surface area contributed by atoms with E-state index in [4.69, 9.17) is 16.3 Å². The topological polar surface area (TPSA) is 46.6 Å². The summed E-state index contributed by atoms with van der Waals surface area (Å²) in [6.07, 6.45) is 2.21. The molecule has 0 aromatic heterocycles. The van der Waals surface area contributed by atoms with Crippen LogP contribution in [-0.2, 0) is 9.53 Å². The number of hydrogen-bond acceptors (Lipinski definition) is 3. The first kappa shape index (κ1) is 16.7. The van der Waals surface area contributed by atoms with Gasteiger partial charge in [0.05, 0.1) is 11.6 Å². The van der Waals surface area contributed by atoms with Gasteiger partial charge in [-0.2, -0.15) is 0 Å². The third-order valence-electron chi connectivity index (χ3n) is 4.02. The second-order valence-corrected chi connectivity index (χ2v) is 5.94. The Kier molecular flexibility index (Phi) is 5.06. The van der Waals surface area contributed by atoms with Crippen LogP contribution < -0.4 is 0 Å². The molecule has 6 heteroatoms. The van der Waals surface area contributed by atoms with Crippen molar-refractivity contribution in [3.63, 3.8) is 0 Å². The zero-order chi connectivity index (χ0) is 16.3. The molecule has 0 radical (unpaired) electrons. The number of ether oxygens (including phenoxy) is 1. The Hall–Kier alpha value is -1.62. The van der Waals surface area contributed by atoms with E-state index in [1.807, 2.05) is 0 Å². The minimum Gasteiger partial charge on any atom is -0.464 e. The maximum Gasteiger partial charge on any atom is 0.331 e. The molecule has 1 aliphatic rings. The maximum atomic E-state index is 13.3. The molecule has 1 unspecified atom stereocenters. The number of rotatable bonds is 3. The summed E-state index contributed by atoms with van der Waals surface area (Å²) in [4.78, 5) is 26.5. The van der Waals surface area contributed by atoms with Crippen LogP contribution >= 0.6 is 11.6 Å². The number of likely N-dealkylation sites (tertiary alicyclic amines) is 1. The van der Waals surface area contributed by atoms with Crippen LogP contribution in [0.1, 0.15) is 43.5 Å². The van der Waals surface area contributed by atoms with Gasteiger partial charge in [-0.05, 0) is 51.3 Å². The van der Waals surface area contributed by atoms with E-state index in [2.05, 4.69) is 0 Å². The number of nitrogens with zero attached hydrogens (tertiary/aromatic N) is 1. The van der Waals surface area contributed by atoms with Gasteiger partial charge in [0.1, 0.15) is 11.4 Å². The van der Waals surface area contributed by atoms with Crippen LogP contribution in [0.2, 0.25) is 5.02 Å². The quantitative estimate of drug-likeness (QED) is 0.799. The number of carbonyl (C=O) groups is 2. The average molecular weight is 328 g/mol. The Labute approximate surface area is 134 Å². The second kappa shape index (κ2) is 6.65. The summed E-state index contributed by atoms with van der Waals surface area (Å²) in [6, 6.07) is 3.82. The van der Waals surface area contributed by atoms with Crippen molar-refractivity contribution < 1.29 is 18.7 Å². The van der Waals surface area contributed by atoms with Crippen LogP contribution in [0.15, 0.2) is 18.2 Å². The summed E-state index contributed by atoms with van der Waals surface area (Å²) in [5.74, 6) is -1.32. The molecular weight excluding hydrogens is 309 g/mol. The predicted octanol–water partition coefficient (Wildman–Crippen LogP) is 3.43. The second-order valence-electron chi connectivity index (χ2n) is 5.54. The number of esters is 1. The first-order chi connectivity index (χ1) is 10.4. The first-order valence-electron chi connectivity index (χ1n) is 7.34. The van der Waals surface area contributed by atoms with Crippen molar-refractivity contribution in [2.75, 3.05) is 13.2 Å². The SMILES string of the molecule is CCOC(=O)C1(C)CCCCN1C(=O)c1ccc(F)c(Cl)c1. The van der Waals surface area contributed by atoms with Crippen molar-refractivity contribution in [1.29, 1.82) is 0 Å². The smallest absolute Gasteiger partial charge is 0.331 e. The minimum atomic E-state index is -0.994. The Bertz CT molecular complexity index is 593. The molecule has 0 N–H and O–H groups in total. The molecule has 1 aromatic rings. The zero-order valence-corrected chi connectivity index (χ0v) is 13.5. The van der Waals surface area contributed by atoms with Gasteiger partial charge in [0.15, 0.2) is 0 Å². The minimum absolute atomic E-state index is 0.110. The van der Waals surface area contributed by atoms with E-state index in [1.165, 1.54) is 17.0 Å². The van der Waals surface area contributed by atoms with Gasteiger partial charge in [0, 0.05) is 12.1 Å². The van der Waals surface area contributed by atoms with Crippen molar-refractivity contribution >= 4 is 23.5 Å². The molecule has 0 spiro atoms. The number of carbonyl (C=O) groups excluding carboxylic acids is 2. The van der Waals surface area contributed by atoms with Gasteiger partial charge < -0.3 is 9.64 Å². The van der Waals surface area contributed by atoms with Crippen LogP contribution in [0.3, 0.4) is 0 Å². The van der Waals surface area contributed by atoms with E-state index in [-0.39, 0.29) is 23.1 Å². The fraction of sp³-hybridized carbons (Fsp3) is 0.500. The fourth-order valence-corrected chi connectivity index (χ4v) is 2.91. The largest absolute Gasteiger partial charge is 0.464 e. The lowest BCUT2D eigenvalue weighted by atomic mass is 9.87. The lowest BCUT2D eigenvalue weighted by Gasteiger charge is -2.42. The average Bonchev–Trinajstić information content (AvgIpc) is 2.50. The summed E-state index contributed by atoms with van der Waals surface area (Å²) < 4.78 is 18.4. The van der Waals surface area contributed by atoms with Gasteiger partial charge in [0.2, 0.25) is 0 Å². The van der Waals surface area contributed by atoms with E-state index in [9.17, 15) is 14.0 Å². The Morgan fingerprint density at radius 2 is 2.14 bits per heavy atom. The number of amides is 1. The molecule has 1 aliphatic heterocycles. The third kappa shape index (κ3) is 3.09. The van der Waals surface area contributed by atoms with E-state index in [0.29, 0.717) is 13.0 Å². The molecular formula is C16H19ClFNO3. The Balaban J connectivity index is 2.32. The molecule has 0 aliphatic carbocycles. The molecule has 0 bridgehead atoms. The molecule has 120 valence electrons. The lowest BCUT2D eigenvalue weighted by molar-refractivity contribution is -0.157. The zero-order valence-electron chi connectivity index (χ0n) is 12.7. The van der Waals surface area contributed by atoms with Crippen LogP contribution in [-0.4, -0.2) is 35.5 Å². The number of benzene rings is 1. The molecule has 4 nitrogen and oxygen atoms in total. The van der Waals surface area contributed by atoms with Gasteiger partial charge in [-0.25, -0.2) is 9.18 Å². The van der Waals surface area contributed by atoms with Crippen molar-refractivity contribution in [3.8, 4) is 0 Å². The summed E-state index contributed by atoms with van der Waals surface area (Å²) in [5.41, 5.74) is -0.726. The van der Waals surface area contributed by atoms with Crippen molar-refractivity contribution in [1.82, 2.24) is 4.90 Å². The highest BCUT2D eigenvalue weighted by Crippen LogP contribution is 2.31. The van der Waals surface area contributed by atoms with Crippen LogP contribution in [0, 0.1) is 5.82 Å². The van der Waals surface area contributed by atoms with E-state index in [1.54, 1.807) is 13.8 Å². The van der Waals surface area contributed by atoms with Gasteiger partial charge in [-0.1, -0.05) is 11.6 Å². The maximum absolute atomic E-state index is 13.3. The third-order valence-corrected chi connectivity index (χ3v) is 4.31. The lowest BCUT2D eigenvalue weighted by Crippen LogP contribution is -2.58. The van der Waals surface area contributed by atoms with Crippen LogP contribution in [0.25, 0.3) is 0 Å². The summed E-state index contributed by atoms with van der Waals surface area (Å²) >= 11 is 5.74. The normalized spacial score (nSPS) is 21.5. The van der Waals surface area contributed by atoms with Gasteiger partial charge in [-0.15, -0.1) is 0 Å². The molecule has 1 aromatic carbocycles.